The van der Waals surface area contributed by atoms with Gasteiger partial charge in [-0.05, 0) is 44.9 Å². The summed E-state index contributed by atoms with van der Waals surface area (Å²) in [6, 6.07) is 5.17. The molecule has 3 rings (SSSR count). The van der Waals surface area contributed by atoms with Gasteiger partial charge >= 0.3 is 5.97 Å². The maximum absolute atomic E-state index is 10.8. The van der Waals surface area contributed by atoms with Crippen LogP contribution in [0, 0.1) is 0 Å². The molecule has 2 bridgehead atoms. The van der Waals surface area contributed by atoms with E-state index in [4.69, 9.17) is 5.11 Å². The standard InChI is InChI=1S/C15H21N3O2/c1-18-12-3-2-4-13(18)8-11(7-12)17-14-6-5-10(9-16-14)15(19)20/h5-6,9,11-13H,2-4,7-8H2,1H3,(H,16,17)(H,19,20). The molecule has 5 nitrogen and oxygen atoms in total. The third kappa shape index (κ3) is 2.63. The van der Waals surface area contributed by atoms with Crippen molar-refractivity contribution in [2.24, 2.45) is 0 Å². The van der Waals surface area contributed by atoms with Gasteiger partial charge in [0, 0.05) is 24.3 Å². The summed E-state index contributed by atoms with van der Waals surface area (Å²) in [4.78, 5) is 17.5. The Labute approximate surface area is 119 Å². The lowest BCUT2D eigenvalue weighted by atomic mass is 9.82. The van der Waals surface area contributed by atoms with Gasteiger partial charge in [-0.1, -0.05) is 6.42 Å². The smallest absolute Gasteiger partial charge is 0.337 e. The molecule has 5 heteroatoms. The summed E-state index contributed by atoms with van der Waals surface area (Å²) >= 11 is 0. The van der Waals surface area contributed by atoms with Crippen LogP contribution in [0.15, 0.2) is 18.3 Å². The average molecular weight is 275 g/mol. The number of aromatic carboxylic acids is 1. The number of nitrogens with zero attached hydrogens (tertiary/aromatic N) is 2. The topological polar surface area (TPSA) is 65.5 Å². The average Bonchev–Trinajstić information content (AvgIpc) is 2.40. The third-order valence-electron chi connectivity index (χ3n) is 4.70. The predicted octanol–water partition coefficient (Wildman–Crippen LogP) is 2.21. The molecule has 1 aromatic rings. The van der Waals surface area contributed by atoms with Crippen molar-refractivity contribution in [3.63, 3.8) is 0 Å². The van der Waals surface area contributed by atoms with Crippen LogP contribution in [0.4, 0.5) is 5.82 Å². The second-order valence-corrected chi connectivity index (χ2v) is 5.95. The van der Waals surface area contributed by atoms with E-state index in [-0.39, 0.29) is 5.56 Å². The second-order valence-electron chi connectivity index (χ2n) is 5.95. The Balaban J connectivity index is 1.65. The minimum absolute atomic E-state index is 0.232. The Kier molecular flexibility index (Phi) is 3.61. The number of aromatic nitrogens is 1. The molecule has 0 saturated carbocycles. The number of carboxylic acids is 1. The van der Waals surface area contributed by atoms with E-state index < -0.39 is 5.97 Å². The Morgan fingerprint density at radius 2 is 2.05 bits per heavy atom. The first-order valence-electron chi connectivity index (χ1n) is 7.31. The van der Waals surface area contributed by atoms with Crippen LogP contribution in [-0.2, 0) is 0 Å². The molecule has 0 amide bonds. The number of piperidine rings is 2. The molecule has 2 fully saturated rings. The molecule has 2 aliphatic heterocycles. The van der Waals surface area contributed by atoms with Gasteiger partial charge in [0.05, 0.1) is 5.56 Å². The largest absolute Gasteiger partial charge is 0.478 e. The van der Waals surface area contributed by atoms with Gasteiger partial charge in [0.15, 0.2) is 0 Å². The number of carbonyl (C=O) groups is 1. The highest BCUT2D eigenvalue weighted by atomic mass is 16.4. The normalized spacial score (nSPS) is 29.9. The van der Waals surface area contributed by atoms with Crippen molar-refractivity contribution >= 4 is 11.8 Å². The molecule has 2 atom stereocenters. The second kappa shape index (κ2) is 5.40. The van der Waals surface area contributed by atoms with Gasteiger partial charge in [-0.3, -0.25) is 0 Å². The summed E-state index contributed by atoms with van der Waals surface area (Å²) in [5, 5.41) is 12.3. The van der Waals surface area contributed by atoms with E-state index in [1.807, 2.05) is 0 Å². The number of pyridine rings is 1. The molecule has 0 aliphatic carbocycles. The first-order valence-corrected chi connectivity index (χ1v) is 7.31. The first kappa shape index (κ1) is 13.4. The van der Waals surface area contributed by atoms with Gasteiger partial charge in [0.2, 0.25) is 0 Å². The van der Waals surface area contributed by atoms with Crippen LogP contribution < -0.4 is 5.32 Å². The van der Waals surface area contributed by atoms with Crippen molar-refractivity contribution in [3.8, 4) is 0 Å². The van der Waals surface area contributed by atoms with E-state index in [9.17, 15) is 4.79 Å². The summed E-state index contributed by atoms with van der Waals surface area (Å²) in [6.45, 7) is 0. The van der Waals surface area contributed by atoms with Crippen LogP contribution >= 0.6 is 0 Å². The zero-order valence-electron chi connectivity index (χ0n) is 11.7. The van der Waals surface area contributed by atoms with Crippen molar-refractivity contribution in [2.75, 3.05) is 12.4 Å². The molecule has 2 saturated heterocycles. The van der Waals surface area contributed by atoms with E-state index in [1.54, 1.807) is 12.1 Å². The Morgan fingerprint density at radius 1 is 1.35 bits per heavy atom. The molecule has 1 aromatic heterocycles. The molecule has 2 N–H and O–H groups in total. The molecule has 2 aliphatic rings. The van der Waals surface area contributed by atoms with Gasteiger partial charge in [0.1, 0.15) is 5.82 Å². The zero-order chi connectivity index (χ0) is 14.1. The van der Waals surface area contributed by atoms with Gasteiger partial charge in [-0.2, -0.15) is 0 Å². The molecular weight excluding hydrogens is 254 g/mol. The number of hydrogen-bond acceptors (Lipinski definition) is 4. The summed E-state index contributed by atoms with van der Waals surface area (Å²) in [6.07, 6.45) is 7.64. The van der Waals surface area contributed by atoms with Crippen LogP contribution in [-0.4, -0.2) is 46.1 Å². The molecule has 0 radical (unpaired) electrons. The van der Waals surface area contributed by atoms with Crippen molar-refractivity contribution in [1.29, 1.82) is 0 Å². The number of carboxylic acid groups (broad SMARTS) is 1. The molecule has 0 spiro atoms. The fourth-order valence-electron chi connectivity index (χ4n) is 3.55. The fourth-order valence-corrected chi connectivity index (χ4v) is 3.55. The predicted molar refractivity (Wildman–Crippen MR) is 77.0 cm³/mol. The molecule has 0 aromatic carbocycles. The Bertz CT molecular complexity index is 474. The number of fused-ring (bicyclic) bond motifs is 2. The highest BCUT2D eigenvalue weighted by Gasteiger charge is 2.35. The molecule has 20 heavy (non-hydrogen) atoms. The lowest BCUT2D eigenvalue weighted by Crippen LogP contribution is -2.52. The Morgan fingerprint density at radius 3 is 2.60 bits per heavy atom. The summed E-state index contributed by atoms with van der Waals surface area (Å²) < 4.78 is 0. The molecule has 3 heterocycles. The maximum atomic E-state index is 10.8. The van der Waals surface area contributed by atoms with E-state index in [0.717, 1.165) is 18.7 Å². The van der Waals surface area contributed by atoms with Crippen LogP contribution in [0.2, 0.25) is 0 Å². The molecular formula is C15H21N3O2. The van der Waals surface area contributed by atoms with Crippen molar-refractivity contribution in [3.05, 3.63) is 23.9 Å². The van der Waals surface area contributed by atoms with Crippen LogP contribution in [0.3, 0.4) is 0 Å². The van der Waals surface area contributed by atoms with Gasteiger partial charge in [-0.15, -0.1) is 0 Å². The van der Waals surface area contributed by atoms with Crippen LogP contribution in [0.1, 0.15) is 42.5 Å². The lowest BCUT2D eigenvalue weighted by molar-refractivity contribution is 0.0608. The zero-order valence-corrected chi connectivity index (χ0v) is 11.7. The minimum Gasteiger partial charge on any atom is -0.478 e. The summed E-state index contributed by atoms with van der Waals surface area (Å²) in [7, 11) is 2.24. The quantitative estimate of drug-likeness (QED) is 0.885. The number of rotatable bonds is 3. The minimum atomic E-state index is -0.933. The Hall–Kier alpha value is -1.62. The number of hydrogen-bond donors (Lipinski definition) is 2. The first-order chi connectivity index (χ1) is 9.63. The lowest BCUT2D eigenvalue weighted by Gasteiger charge is -2.47. The summed E-state index contributed by atoms with van der Waals surface area (Å²) in [5.41, 5.74) is 0.232. The van der Waals surface area contributed by atoms with Crippen molar-refractivity contribution in [2.45, 2.75) is 50.2 Å². The van der Waals surface area contributed by atoms with Crippen LogP contribution in [0.25, 0.3) is 0 Å². The van der Waals surface area contributed by atoms with Gasteiger partial charge < -0.3 is 15.3 Å². The van der Waals surface area contributed by atoms with E-state index in [0.29, 0.717) is 18.1 Å². The molecule has 108 valence electrons. The van der Waals surface area contributed by atoms with E-state index in [1.165, 1.54) is 25.5 Å². The van der Waals surface area contributed by atoms with Crippen molar-refractivity contribution in [1.82, 2.24) is 9.88 Å². The van der Waals surface area contributed by atoms with E-state index >= 15 is 0 Å². The number of nitrogens with one attached hydrogen (secondary N) is 1. The highest BCUT2D eigenvalue weighted by molar-refractivity contribution is 5.87. The summed E-state index contributed by atoms with van der Waals surface area (Å²) in [5.74, 6) is -0.152. The van der Waals surface area contributed by atoms with E-state index in [2.05, 4.69) is 22.2 Å². The number of anilines is 1. The van der Waals surface area contributed by atoms with Crippen LogP contribution in [0.5, 0.6) is 0 Å². The van der Waals surface area contributed by atoms with Gasteiger partial charge in [0.25, 0.3) is 0 Å². The highest BCUT2D eigenvalue weighted by Crippen LogP contribution is 2.33. The fraction of sp³-hybridized carbons (Fsp3) is 0.600. The van der Waals surface area contributed by atoms with Crippen molar-refractivity contribution < 1.29 is 9.90 Å². The SMILES string of the molecule is CN1C2CCCC1CC(Nc1ccc(C(=O)O)cn1)C2. The van der Waals surface area contributed by atoms with Gasteiger partial charge in [-0.25, -0.2) is 9.78 Å². The molecule has 2 unspecified atom stereocenters. The third-order valence-corrected chi connectivity index (χ3v) is 4.70. The monoisotopic (exact) mass is 275 g/mol. The maximum Gasteiger partial charge on any atom is 0.337 e.